The normalized spacial score (nSPS) is 11.2. The molecular formula is C19H24Cl2N2O3. The van der Waals surface area contributed by atoms with Gasteiger partial charge in [-0.2, -0.15) is 0 Å². The van der Waals surface area contributed by atoms with Gasteiger partial charge >= 0.3 is 0 Å². The molecular weight excluding hydrogens is 375 g/mol. The summed E-state index contributed by atoms with van der Waals surface area (Å²) < 4.78 is 11.2. The van der Waals surface area contributed by atoms with Crippen molar-refractivity contribution in [3.63, 3.8) is 0 Å². The molecule has 0 aliphatic heterocycles. The van der Waals surface area contributed by atoms with Crippen LogP contribution in [0.3, 0.4) is 0 Å². The Kier molecular flexibility index (Phi) is 9.88. The molecule has 2 aromatic carbocycles. The third-order valence-corrected chi connectivity index (χ3v) is 3.88. The van der Waals surface area contributed by atoms with E-state index in [0.717, 1.165) is 17.1 Å². The lowest BCUT2D eigenvalue weighted by molar-refractivity contribution is -0.124. The van der Waals surface area contributed by atoms with Crippen LogP contribution >= 0.6 is 24.0 Å². The molecule has 0 spiro atoms. The molecule has 0 radical (unpaired) electrons. The molecule has 142 valence electrons. The lowest BCUT2D eigenvalue weighted by Gasteiger charge is -2.11. The number of ether oxygens (including phenoxy) is 2. The van der Waals surface area contributed by atoms with Crippen LogP contribution in [0.15, 0.2) is 48.5 Å². The summed E-state index contributed by atoms with van der Waals surface area (Å²) in [5, 5.41) is 3.53. The van der Waals surface area contributed by atoms with Crippen LogP contribution < -0.4 is 20.5 Å². The van der Waals surface area contributed by atoms with E-state index in [1.807, 2.05) is 36.4 Å². The van der Waals surface area contributed by atoms with Gasteiger partial charge in [-0.25, -0.2) is 0 Å². The number of carbonyl (C=O) groups excluding carboxylic acids is 1. The second-order valence-electron chi connectivity index (χ2n) is 5.65. The number of halogens is 2. The van der Waals surface area contributed by atoms with Crippen LogP contribution in [0.4, 0.5) is 0 Å². The fraction of sp³-hybridized carbons (Fsp3) is 0.316. The third kappa shape index (κ3) is 7.52. The zero-order valence-corrected chi connectivity index (χ0v) is 16.2. The lowest BCUT2D eigenvalue weighted by Crippen LogP contribution is -2.32. The zero-order valence-electron chi connectivity index (χ0n) is 14.6. The molecule has 0 saturated heterocycles. The Morgan fingerprint density at radius 2 is 1.54 bits per heavy atom. The van der Waals surface area contributed by atoms with Crippen molar-refractivity contribution in [2.24, 2.45) is 11.7 Å². The SMILES string of the molecule is CC(CN)C(=O)NCc1ccc(OCCOc2ccc(Cl)cc2)cc1.Cl. The molecule has 1 unspecified atom stereocenters. The van der Waals surface area contributed by atoms with E-state index in [1.54, 1.807) is 19.1 Å². The molecule has 0 saturated carbocycles. The van der Waals surface area contributed by atoms with Gasteiger partial charge in [0.15, 0.2) is 0 Å². The summed E-state index contributed by atoms with van der Waals surface area (Å²) in [6, 6.07) is 14.8. The fourth-order valence-electron chi connectivity index (χ4n) is 2.02. The van der Waals surface area contributed by atoms with Gasteiger partial charge in [-0.3, -0.25) is 4.79 Å². The maximum Gasteiger partial charge on any atom is 0.224 e. The van der Waals surface area contributed by atoms with Gasteiger partial charge in [0.1, 0.15) is 24.7 Å². The molecule has 0 aromatic heterocycles. The molecule has 26 heavy (non-hydrogen) atoms. The van der Waals surface area contributed by atoms with Crippen LogP contribution in [0.25, 0.3) is 0 Å². The van der Waals surface area contributed by atoms with Gasteiger partial charge in [0, 0.05) is 24.0 Å². The molecule has 2 rings (SSSR count). The standard InChI is InChI=1S/C19H23ClN2O3.ClH/c1-14(12-21)19(23)22-13-15-2-6-17(7-3-15)24-10-11-25-18-8-4-16(20)5-9-18;/h2-9,14H,10-13,21H2,1H3,(H,22,23);1H. The molecule has 0 aliphatic carbocycles. The Morgan fingerprint density at radius 1 is 1.04 bits per heavy atom. The Labute approximate surface area is 165 Å². The highest BCUT2D eigenvalue weighted by atomic mass is 35.5. The summed E-state index contributed by atoms with van der Waals surface area (Å²) >= 11 is 5.82. The molecule has 0 aliphatic rings. The Hall–Kier alpha value is -1.95. The molecule has 0 fully saturated rings. The van der Waals surface area contributed by atoms with Crippen LogP contribution in [0, 0.1) is 5.92 Å². The van der Waals surface area contributed by atoms with Gasteiger partial charge in [0.2, 0.25) is 5.91 Å². The van der Waals surface area contributed by atoms with Gasteiger partial charge in [0.25, 0.3) is 0 Å². The van der Waals surface area contributed by atoms with Crippen LogP contribution in [-0.4, -0.2) is 25.7 Å². The Morgan fingerprint density at radius 3 is 2.04 bits per heavy atom. The topological polar surface area (TPSA) is 73.6 Å². The fourth-order valence-corrected chi connectivity index (χ4v) is 2.15. The van der Waals surface area contributed by atoms with Crippen molar-refractivity contribution in [1.29, 1.82) is 0 Å². The van der Waals surface area contributed by atoms with Crippen LogP contribution in [0.5, 0.6) is 11.5 Å². The first-order chi connectivity index (χ1) is 12.1. The van der Waals surface area contributed by atoms with Crippen molar-refractivity contribution in [3.05, 3.63) is 59.1 Å². The highest BCUT2D eigenvalue weighted by Gasteiger charge is 2.09. The van der Waals surface area contributed by atoms with Crippen molar-refractivity contribution in [2.75, 3.05) is 19.8 Å². The van der Waals surface area contributed by atoms with Crippen molar-refractivity contribution in [1.82, 2.24) is 5.32 Å². The third-order valence-electron chi connectivity index (χ3n) is 3.63. The first-order valence-electron chi connectivity index (χ1n) is 8.16. The van der Waals surface area contributed by atoms with E-state index >= 15 is 0 Å². The maximum absolute atomic E-state index is 11.7. The minimum atomic E-state index is -0.178. The zero-order chi connectivity index (χ0) is 18.1. The van der Waals surface area contributed by atoms with Crippen molar-refractivity contribution in [3.8, 4) is 11.5 Å². The van der Waals surface area contributed by atoms with Crippen LogP contribution in [0.2, 0.25) is 5.02 Å². The van der Waals surface area contributed by atoms with E-state index in [1.165, 1.54) is 0 Å². The molecule has 0 bridgehead atoms. The summed E-state index contributed by atoms with van der Waals surface area (Å²) in [5.74, 6) is 1.29. The first-order valence-corrected chi connectivity index (χ1v) is 8.54. The van der Waals surface area contributed by atoms with E-state index in [0.29, 0.717) is 31.3 Å². The lowest BCUT2D eigenvalue weighted by atomic mass is 10.1. The van der Waals surface area contributed by atoms with E-state index in [2.05, 4.69) is 5.32 Å². The predicted molar refractivity (Wildman–Crippen MR) is 106 cm³/mol. The number of amides is 1. The highest BCUT2D eigenvalue weighted by Crippen LogP contribution is 2.16. The Bertz CT molecular complexity index is 663. The highest BCUT2D eigenvalue weighted by molar-refractivity contribution is 6.30. The number of nitrogens with one attached hydrogen (secondary N) is 1. The first kappa shape index (κ1) is 22.1. The van der Waals surface area contributed by atoms with Gasteiger partial charge < -0.3 is 20.5 Å². The minimum Gasteiger partial charge on any atom is -0.490 e. The summed E-state index contributed by atoms with van der Waals surface area (Å²) in [6.07, 6.45) is 0. The average Bonchev–Trinajstić information content (AvgIpc) is 2.65. The average molecular weight is 399 g/mol. The molecule has 7 heteroatoms. The minimum absolute atomic E-state index is 0. The monoisotopic (exact) mass is 398 g/mol. The number of rotatable bonds is 9. The van der Waals surface area contributed by atoms with Gasteiger partial charge in [-0.15, -0.1) is 12.4 Å². The van der Waals surface area contributed by atoms with E-state index < -0.39 is 0 Å². The quantitative estimate of drug-likeness (QED) is 0.634. The van der Waals surface area contributed by atoms with Crippen molar-refractivity contribution in [2.45, 2.75) is 13.5 Å². The number of benzene rings is 2. The number of nitrogens with two attached hydrogens (primary N) is 1. The number of hydrogen-bond donors (Lipinski definition) is 2. The van der Waals surface area contributed by atoms with Crippen LogP contribution in [-0.2, 0) is 11.3 Å². The predicted octanol–water partition coefficient (Wildman–Crippen LogP) is 3.43. The molecule has 5 nitrogen and oxygen atoms in total. The molecule has 0 heterocycles. The maximum atomic E-state index is 11.7. The van der Waals surface area contributed by atoms with E-state index in [-0.39, 0.29) is 24.2 Å². The summed E-state index contributed by atoms with van der Waals surface area (Å²) in [5.41, 5.74) is 6.47. The number of carbonyl (C=O) groups is 1. The summed E-state index contributed by atoms with van der Waals surface area (Å²) in [6.45, 7) is 3.50. The number of hydrogen-bond acceptors (Lipinski definition) is 4. The Balaban J connectivity index is 0.00000338. The van der Waals surface area contributed by atoms with Crippen molar-refractivity contribution < 1.29 is 14.3 Å². The van der Waals surface area contributed by atoms with Gasteiger partial charge in [-0.1, -0.05) is 30.7 Å². The van der Waals surface area contributed by atoms with Crippen LogP contribution in [0.1, 0.15) is 12.5 Å². The van der Waals surface area contributed by atoms with E-state index in [4.69, 9.17) is 26.8 Å². The smallest absolute Gasteiger partial charge is 0.224 e. The molecule has 1 atom stereocenters. The largest absolute Gasteiger partial charge is 0.490 e. The molecule has 3 N–H and O–H groups in total. The van der Waals surface area contributed by atoms with Gasteiger partial charge in [0.05, 0.1) is 0 Å². The van der Waals surface area contributed by atoms with E-state index in [9.17, 15) is 4.79 Å². The molecule has 2 aromatic rings. The molecule has 1 amide bonds. The van der Waals surface area contributed by atoms with Crippen molar-refractivity contribution >= 4 is 29.9 Å². The van der Waals surface area contributed by atoms with Gasteiger partial charge in [-0.05, 0) is 42.0 Å². The second-order valence-corrected chi connectivity index (χ2v) is 6.09. The second kappa shape index (κ2) is 11.6. The summed E-state index contributed by atoms with van der Waals surface area (Å²) in [7, 11) is 0. The summed E-state index contributed by atoms with van der Waals surface area (Å²) in [4.78, 5) is 11.7.